The molecule has 0 fully saturated rings. The van der Waals surface area contributed by atoms with Crippen molar-refractivity contribution in [1.82, 2.24) is 0 Å². The van der Waals surface area contributed by atoms with Crippen molar-refractivity contribution in [2.24, 2.45) is 0 Å². The van der Waals surface area contributed by atoms with E-state index in [1.807, 2.05) is 0 Å². The summed E-state index contributed by atoms with van der Waals surface area (Å²) < 4.78 is 37.1. The van der Waals surface area contributed by atoms with E-state index in [4.69, 9.17) is 9.47 Å². The lowest BCUT2D eigenvalue weighted by Crippen LogP contribution is -2.38. The predicted octanol–water partition coefficient (Wildman–Crippen LogP) is 5.22. The van der Waals surface area contributed by atoms with Crippen molar-refractivity contribution >= 4 is 38.8 Å². The second-order valence-corrected chi connectivity index (χ2v) is 14.2. The minimum absolute atomic E-state index is 0.00720. The Bertz CT molecular complexity index is 2210. The Morgan fingerprint density at radius 3 is 2.53 bits per heavy atom. The molecular weight excluding hydrogens is 626 g/mol. The largest absolute Gasteiger partial charge is 0.508 e. The van der Waals surface area contributed by atoms with Gasteiger partial charge in [-0.15, -0.1) is 0 Å². The smallest absolute Gasteiger partial charge is 0.340 e. The van der Waals surface area contributed by atoms with Gasteiger partial charge in [-0.05, 0) is 73.7 Å². The quantitative estimate of drug-likeness (QED) is 0.169. The number of nitrogens with one attached hydrogen (secondary N) is 1. The molecule has 4 aromatic carbocycles. The number of carbonyl (C=O) groups is 2. The van der Waals surface area contributed by atoms with E-state index in [2.05, 4.69) is 16.3 Å². The molecule has 1 spiro atoms. The van der Waals surface area contributed by atoms with E-state index in [0.717, 1.165) is 80.0 Å². The van der Waals surface area contributed by atoms with Crippen molar-refractivity contribution in [3.05, 3.63) is 110 Å². The predicted molar refractivity (Wildman–Crippen MR) is 169 cm³/mol. The highest BCUT2D eigenvalue weighted by atomic mass is 32.2. The van der Waals surface area contributed by atoms with Gasteiger partial charge in [0.05, 0.1) is 15.4 Å². The summed E-state index contributed by atoms with van der Waals surface area (Å²) in [6, 6.07) is 14.4. The Balaban J connectivity index is 1.26. The number of fused-ring (bicyclic) bond motifs is 7. The summed E-state index contributed by atoms with van der Waals surface area (Å²) >= 11 is 0. The molecule has 2 N–H and O–H groups in total. The number of ether oxygens (including phenoxy) is 2. The van der Waals surface area contributed by atoms with E-state index in [9.17, 15) is 33.2 Å². The molecule has 13 heteroatoms. The van der Waals surface area contributed by atoms with Crippen LogP contribution < -0.4 is 15.0 Å². The molecule has 47 heavy (non-hydrogen) atoms. The average Bonchev–Trinajstić information content (AvgIpc) is 3.32. The van der Waals surface area contributed by atoms with E-state index in [1.165, 1.54) is 18.2 Å². The third kappa shape index (κ3) is 4.29. The highest BCUT2D eigenvalue weighted by Gasteiger charge is 2.55. The van der Waals surface area contributed by atoms with Crippen LogP contribution in [0.3, 0.4) is 0 Å². The van der Waals surface area contributed by atoms with Gasteiger partial charge in [-0.2, -0.15) is 0 Å². The number of anilines is 2. The van der Waals surface area contributed by atoms with Crippen molar-refractivity contribution in [2.75, 3.05) is 29.6 Å². The minimum atomic E-state index is -3.76. The van der Waals surface area contributed by atoms with Crippen LogP contribution in [0, 0.1) is 10.1 Å². The number of nitro benzene ring substituents is 1. The summed E-state index contributed by atoms with van der Waals surface area (Å²) in [4.78, 5) is 40.1. The molecule has 0 aliphatic carbocycles. The normalized spacial score (nSPS) is 18.7. The van der Waals surface area contributed by atoms with Gasteiger partial charge < -0.3 is 24.8 Å². The molecule has 0 aromatic heterocycles. The average molecular weight is 654 g/mol. The van der Waals surface area contributed by atoms with Crippen LogP contribution in [0.5, 0.6) is 17.2 Å². The van der Waals surface area contributed by atoms with E-state index in [0.29, 0.717) is 28.2 Å². The Labute approximate surface area is 268 Å². The summed E-state index contributed by atoms with van der Waals surface area (Å²) in [6.07, 6.45) is 4.52. The lowest BCUT2D eigenvalue weighted by molar-refractivity contribution is -0.385. The number of aryl methyl sites for hydroxylation is 1. The molecule has 8 rings (SSSR count). The number of sulfone groups is 1. The fourth-order valence-electron chi connectivity index (χ4n) is 7.38. The van der Waals surface area contributed by atoms with Gasteiger partial charge in [0, 0.05) is 65.1 Å². The topological polar surface area (TPSA) is 165 Å². The number of esters is 1. The number of aromatic hydroxyl groups is 1. The van der Waals surface area contributed by atoms with Gasteiger partial charge in [-0.25, -0.2) is 13.2 Å². The van der Waals surface area contributed by atoms with Gasteiger partial charge in [-0.3, -0.25) is 14.9 Å². The molecular formula is C34H27N3O9S. The van der Waals surface area contributed by atoms with Crippen LogP contribution >= 0.6 is 0 Å². The van der Waals surface area contributed by atoms with Crippen LogP contribution in [0.1, 0.15) is 61.4 Å². The van der Waals surface area contributed by atoms with E-state index in [-0.39, 0.29) is 21.9 Å². The lowest BCUT2D eigenvalue weighted by atomic mass is 9.74. The second kappa shape index (κ2) is 10.0. The van der Waals surface area contributed by atoms with Crippen molar-refractivity contribution in [3.63, 3.8) is 0 Å². The molecule has 12 nitrogen and oxygen atoms in total. The number of benzene rings is 4. The van der Waals surface area contributed by atoms with E-state index >= 15 is 0 Å². The summed E-state index contributed by atoms with van der Waals surface area (Å²) in [5.74, 6) is -0.619. The summed E-state index contributed by atoms with van der Waals surface area (Å²) in [6.45, 7) is 1.91. The summed E-state index contributed by atoms with van der Waals surface area (Å²) in [5.41, 5.74) is 2.99. The number of amides is 1. The first-order valence-electron chi connectivity index (χ1n) is 15.1. The molecule has 0 saturated carbocycles. The number of nitro groups is 1. The van der Waals surface area contributed by atoms with Gasteiger partial charge >= 0.3 is 5.97 Å². The number of hydrogen-bond donors (Lipinski definition) is 2. The Hall–Kier alpha value is -5.43. The molecule has 238 valence electrons. The molecule has 1 unspecified atom stereocenters. The maximum Gasteiger partial charge on any atom is 0.340 e. The van der Waals surface area contributed by atoms with E-state index < -0.39 is 43.5 Å². The summed E-state index contributed by atoms with van der Waals surface area (Å²) in [7, 11) is -3.76. The molecule has 4 aliphatic heterocycles. The van der Waals surface area contributed by atoms with Crippen LogP contribution in [0.2, 0.25) is 0 Å². The van der Waals surface area contributed by atoms with Crippen LogP contribution in [-0.4, -0.2) is 49.7 Å². The lowest BCUT2D eigenvalue weighted by Gasteiger charge is -2.42. The van der Waals surface area contributed by atoms with Crippen LogP contribution in [-0.2, 0) is 33.0 Å². The fraction of sp³-hybridized carbons (Fsp3) is 0.235. The summed E-state index contributed by atoms with van der Waals surface area (Å²) in [5, 5.41) is 24.7. The molecule has 4 aromatic rings. The zero-order valence-electron chi connectivity index (χ0n) is 25.0. The number of nitrogens with zero attached hydrogens (tertiary/aromatic N) is 2. The monoisotopic (exact) mass is 653 g/mol. The molecule has 1 atom stereocenters. The van der Waals surface area contributed by atoms with Crippen LogP contribution in [0.25, 0.3) is 0 Å². The minimum Gasteiger partial charge on any atom is -0.508 e. The Morgan fingerprint density at radius 2 is 1.77 bits per heavy atom. The van der Waals surface area contributed by atoms with Gasteiger partial charge in [0.2, 0.25) is 0 Å². The SMILES string of the molecule is CS(=O)(=O)c1ccc([N+](=O)[O-])c(C(=O)Nc2ccc3c(c2)C(=O)OC32c3ccc(O)cc3Oc3c2cc2c4c3CCCN4CCC2)c1. The highest BCUT2D eigenvalue weighted by molar-refractivity contribution is 7.90. The molecule has 0 bridgehead atoms. The van der Waals surface area contributed by atoms with Crippen molar-refractivity contribution in [3.8, 4) is 17.2 Å². The molecule has 0 saturated heterocycles. The third-order valence-electron chi connectivity index (χ3n) is 9.37. The first-order chi connectivity index (χ1) is 22.5. The molecule has 4 aliphatic rings. The number of rotatable bonds is 4. The van der Waals surface area contributed by atoms with Gasteiger partial charge in [0.25, 0.3) is 11.6 Å². The number of phenols is 1. The molecule has 0 radical (unpaired) electrons. The van der Waals surface area contributed by atoms with Crippen molar-refractivity contribution < 1.29 is 37.5 Å². The van der Waals surface area contributed by atoms with Crippen molar-refractivity contribution in [1.29, 1.82) is 0 Å². The van der Waals surface area contributed by atoms with E-state index in [1.54, 1.807) is 18.2 Å². The fourth-order valence-corrected chi connectivity index (χ4v) is 8.03. The highest BCUT2D eigenvalue weighted by Crippen LogP contribution is 2.59. The van der Waals surface area contributed by atoms with Crippen LogP contribution in [0.15, 0.2) is 65.6 Å². The first kappa shape index (κ1) is 29.0. The van der Waals surface area contributed by atoms with Gasteiger partial charge in [-0.1, -0.05) is 6.07 Å². The number of phenolic OH excluding ortho intramolecular Hbond substituents is 1. The van der Waals surface area contributed by atoms with Gasteiger partial charge in [0.15, 0.2) is 15.4 Å². The maximum atomic E-state index is 13.7. The standard InChI is InChI=1S/C34H27N3O9S/c1-47(43,44)21-8-11-28(37(41)42)24(17-21)32(39)35-19-6-9-25-23(15-19)33(40)46-34(25)26-10-7-20(38)16-29(26)45-31-22-5-3-13-36-12-2-4-18(30(22)36)14-27(31)34/h6-11,14-17,38H,2-5,12-13H2,1H3,(H,35,39). The third-order valence-corrected chi connectivity index (χ3v) is 10.5. The Morgan fingerprint density at radius 1 is 1.00 bits per heavy atom. The second-order valence-electron chi connectivity index (χ2n) is 12.2. The maximum absolute atomic E-state index is 13.7. The van der Waals surface area contributed by atoms with Gasteiger partial charge in [0.1, 0.15) is 22.8 Å². The first-order valence-corrected chi connectivity index (χ1v) is 17.0. The number of carbonyl (C=O) groups excluding carboxylic acids is 2. The molecule has 4 heterocycles. The van der Waals surface area contributed by atoms with Crippen molar-refractivity contribution in [2.45, 2.75) is 36.2 Å². The zero-order valence-corrected chi connectivity index (χ0v) is 25.8. The number of hydrogen-bond acceptors (Lipinski definition) is 10. The Kier molecular flexibility index (Phi) is 6.19. The van der Waals surface area contributed by atoms with Crippen LogP contribution in [0.4, 0.5) is 17.1 Å². The molecule has 1 amide bonds. The zero-order chi connectivity index (χ0) is 32.8.